The number of methoxy groups -OCH3 is 1. The molecule has 0 aliphatic heterocycles. The van der Waals surface area contributed by atoms with E-state index in [4.69, 9.17) is 4.74 Å². The summed E-state index contributed by atoms with van der Waals surface area (Å²) in [6.45, 7) is 0.445. The van der Waals surface area contributed by atoms with Crippen molar-refractivity contribution < 1.29 is 13.9 Å². The number of ether oxygens (including phenoxy) is 1. The summed E-state index contributed by atoms with van der Waals surface area (Å²) >= 11 is 0. The van der Waals surface area contributed by atoms with Crippen LogP contribution in [0, 0.1) is 5.82 Å². The summed E-state index contributed by atoms with van der Waals surface area (Å²) in [5, 5.41) is 10.3. The van der Waals surface area contributed by atoms with Crippen LogP contribution in [0.2, 0.25) is 0 Å². The Morgan fingerprint density at radius 3 is 2.56 bits per heavy atom. The van der Waals surface area contributed by atoms with Crippen molar-refractivity contribution in [3.8, 4) is 11.4 Å². The van der Waals surface area contributed by atoms with E-state index in [9.17, 15) is 9.18 Å². The van der Waals surface area contributed by atoms with E-state index in [1.54, 1.807) is 41.5 Å². The number of rotatable bonds is 6. The average Bonchev–Trinajstić information content (AvgIpc) is 3.18. The highest BCUT2D eigenvalue weighted by atomic mass is 19.1. The summed E-state index contributed by atoms with van der Waals surface area (Å²) in [6, 6.07) is 11.8. The standard InChI is InChI=1S/C18H17FN4O2/c1-25-17-10-13(2-7-16(17)19)8-9-20-18(24)14-3-5-15(6-4-14)23-11-21-22-12-23/h2-7,10-12H,8-9H2,1H3,(H,20,24). The Kier molecular flexibility index (Phi) is 5.03. The number of nitrogens with zero attached hydrogens (tertiary/aromatic N) is 3. The molecule has 0 atom stereocenters. The topological polar surface area (TPSA) is 69.0 Å². The Balaban J connectivity index is 1.56. The number of hydrogen-bond donors (Lipinski definition) is 1. The van der Waals surface area contributed by atoms with E-state index < -0.39 is 5.82 Å². The predicted molar refractivity (Wildman–Crippen MR) is 90.3 cm³/mol. The van der Waals surface area contributed by atoms with Gasteiger partial charge in [0.25, 0.3) is 5.91 Å². The Bertz CT molecular complexity index is 848. The molecule has 1 aromatic heterocycles. The van der Waals surface area contributed by atoms with Gasteiger partial charge in [0.2, 0.25) is 0 Å². The van der Waals surface area contributed by atoms with Crippen molar-refractivity contribution in [2.45, 2.75) is 6.42 Å². The third-order valence-electron chi connectivity index (χ3n) is 3.76. The molecule has 25 heavy (non-hydrogen) atoms. The van der Waals surface area contributed by atoms with Crippen molar-refractivity contribution in [2.75, 3.05) is 13.7 Å². The summed E-state index contributed by atoms with van der Waals surface area (Å²) in [6.07, 6.45) is 3.76. The first-order valence-electron chi connectivity index (χ1n) is 7.73. The van der Waals surface area contributed by atoms with E-state index in [-0.39, 0.29) is 11.7 Å². The predicted octanol–water partition coefficient (Wildman–Crippen LogP) is 2.39. The van der Waals surface area contributed by atoms with E-state index in [0.29, 0.717) is 18.5 Å². The van der Waals surface area contributed by atoms with Crippen molar-refractivity contribution >= 4 is 5.91 Å². The van der Waals surface area contributed by atoms with E-state index in [1.807, 2.05) is 12.1 Å². The summed E-state index contributed by atoms with van der Waals surface area (Å²) < 4.78 is 20.1. The molecule has 6 nitrogen and oxygen atoms in total. The van der Waals surface area contributed by atoms with Crippen LogP contribution in [0.15, 0.2) is 55.1 Å². The number of benzene rings is 2. The van der Waals surface area contributed by atoms with Gasteiger partial charge in [-0.15, -0.1) is 10.2 Å². The van der Waals surface area contributed by atoms with E-state index in [1.165, 1.54) is 13.2 Å². The van der Waals surface area contributed by atoms with E-state index in [2.05, 4.69) is 15.5 Å². The van der Waals surface area contributed by atoms with Crippen LogP contribution < -0.4 is 10.1 Å². The molecule has 2 aromatic carbocycles. The molecule has 0 bridgehead atoms. The number of aromatic nitrogens is 3. The van der Waals surface area contributed by atoms with Crippen molar-refractivity contribution in [1.82, 2.24) is 20.1 Å². The molecule has 1 N–H and O–H groups in total. The maximum absolute atomic E-state index is 13.4. The lowest BCUT2D eigenvalue weighted by atomic mass is 10.1. The number of carbonyl (C=O) groups excluding carboxylic acids is 1. The van der Waals surface area contributed by atoms with Gasteiger partial charge < -0.3 is 10.1 Å². The first-order chi connectivity index (χ1) is 12.2. The molecule has 0 spiro atoms. The van der Waals surface area contributed by atoms with E-state index in [0.717, 1.165) is 11.3 Å². The third-order valence-corrected chi connectivity index (χ3v) is 3.76. The van der Waals surface area contributed by atoms with Crippen LogP contribution in [0.1, 0.15) is 15.9 Å². The van der Waals surface area contributed by atoms with Gasteiger partial charge in [0, 0.05) is 17.8 Å². The summed E-state index contributed by atoms with van der Waals surface area (Å²) in [4.78, 5) is 12.2. The minimum Gasteiger partial charge on any atom is -0.494 e. The van der Waals surface area contributed by atoms with E-state index >= 15 is 0 Å². The number of nitrogens with one attached hydrogen (secondary N) is 1. The van der Waals surface area contributed by atoms with Gasteiger partial charge >= 0.3 is 0 Å². The Morgan fingerprint density at radius 2 is 1.88 bits per heavy atom. The highest BCUT2D eigenvalue weighted by Crippen LogP contribution is 2.18. The van der Waals surface area contributed by atoms with Crippen LogP contribution in [-0.4, -0.2) is 34.3 Å². The molecule has 0 radical (unpaired) electrons. The van der Waals surface area contributed by atoms with Gasteiger partial charge in [0.15, 0.2) is 11.6 Å². The molecule has 3 rings (SSSR count). The van der Waals surface area contributed by atoms with Gasteiger partial charge in [0.1, 0.15) is 12.7 Å². The van der Waals surface area contributed by atoms with Gasteiger partial charge in [-0.25, -0.2) is 4.39 Å². The van der Waals surface area contributed by atoms with Gasteiger partial charge in [-0.3, -0.25) is 9.36 Å². The molecular weight excluding hydrogens is 323 g/mol. The average molecular weight is 340 g/mol. The molecular formula is C18H17FN4O2. The summed E-state index contributed by atoms with van der Waals surface area (Å²) in [5.74, 6) is -0.360. The molecule has 0 fully saturated rings. The van der Waals surface area contributed by atoms with Crippen LogP contribution in [-0.2, 0) is 6.42 Å². The van der Waals surface area contributed by atoms with Crippen molar-refractivity contribution in [3.05, 3.63) is 72.1 Å². The zero-order valence-corrected chi connectivity index (χ0v) is 13.6. The molecule has 0 aliphatic rings. The fourth-order valence-corrected chi connectivity index (χ4v) is 2.40. The van der Waals surface area contributed by atoms with Crippen molar-refractivity contribution in [1.29, 1.82) is 0 Å². The maximum atomic E-state index is 13.4. The molecule has 0 saturated carbocycles. The fourth-order valence-electron chi connectivity index (χ4n) is 2.40. The summed E-state index contributed by atoms with van der Waals surface area (Å²) in [5.41, 5.74) is 2.33. The Morgan fingerprint density at radius 1 is 1.16 bits per heavy atom. The molecule has 1 heterocycles. The maximum Gasteiger partial charge on any atom is 0.251 e. The molecule has 1 amide bonds. The second-order valence-electron chi connectivity index (χ2n) is 5.39. The number of hydrogen-bond acceptors (Lipinski definition) is 4. The lowest BCUT2D eigenvalue weighted by Gasteiger charge is -2.08. The highest BCUT2D eigenvalue weighted by Gasteiger charge is 2.07. The lowest BCUT2D eigenvalue weighted by molar-refractivity contribution is 0.0954. The fraction of sp³-hybridized carbons (Fsp3) is 0.167. The molecule has 0 saturated heterocycles. The quantitative estimate of drug-likeness (QED) is 0.748. The van der Waals surface area contributed by atoms with Crippen molar-refractivity contribution in [2.24, 2.45) is 0 Å². The van der Waals surface area contributed by atoms with Gasteiger partial charge in [0.05, 0.1) is 7.11 Å². The van der Waals surface area contributed by atoms with Crippen LogP contribution >= 0.6 is 0 Å². The Labute approximate surface area is 144 Å². The molecule has 0 aliphatic carbocycles. The monoisotopic (exact) mass is 340 g/mol. The van der Waals surface area contributed by atoms with Crippen LogP contribution in [0.3, 0.4) is 0 Å². The lowest BCUT2D eigenvalue weighted by Crippen LogP contribution is -2.25. The summed E-state index contributed by atoms with van der Waals surface area (Å²) in [7, 11) is 1.42. The molecule has 3 aromatic rings. The van der Waals surface area contributed by atoms with Crippen LogP contribution in [0.5, 0.6) is 5.75 Å². The molecule has 0 unspecified atom stereocenters. The van der Waals surface area contributed by atoms with Gasteiger partial charge in [-0.2, -0.15) is 0 Å². The van der Waals surface area contributed by atoms with Gasteiger partial charge in [-0.1, -0.05) is 6.07 Å². The zero-order chi connectivity index (χ0) is 17.6. The van der Waals surface area contributed by atoms with Gasteiger partial charge in [-0.05, 0) is 48.4 Å². The number of amides is 1. The number of halogens is 1. The highest BCUT2D eigenvalue weighted by molar-refractivity contribution is 5.94. The minimum atomic E-state index is -0.400. The minimum absolute atomic E-state index is 0.163. The SMILES string of the molecule is COc1cc(CCNC(=O)c2ccc(-n3cnnc3)cc2)ccc1F. The molecule has 7 heteroatoms. The first kappa shape index (κ1) is 16.6. The Hall–Kier alpha value is -3.22. The third kappa shape index (κ3) is 4.00. The number of carbonyl (C=O) groups is 1. The first-order valence-corrected chi connectivity index (χ1v) is 7.73. The van der Waals surface area contributed by atoms with Crippen LogP contribution in [0.25, 0.3) is 5.69 Å². The second kappa shape index (κ2) is 7.57. The largest absolute Gasteiger partial charge is 0.494 e. The normalized spacial score (nSPS) is 10.5. The van der Waals surface area contributed by atoms with Crippen LogP contribution in [0.4, 0.5) is 4.39 Å². The van der Waals surface area contributed by atoms with Crippen molar-refractivity contribution in [3.63, 3.8) is 0 Å². The smallest absolute Gasteiger partial charge is 0.251 e. The second-order valence-corrected chi connectivity index (χ2v) is 5.39. The molecule has 128 valence electrons. The zero-order valence-electron chi connectivity index (χ0n) is 13.6.